The van der Waals surface area contributed by atoms with Crippen LogP contribution in [0.4, 0.5) is 13.2 Å². The van der Waals surface area contributed by atoms with Gasteiger partial charge < -0.3 is 13.8 Å². The molecule has 0 aliphatic carbocycles. The summed E-state index contributed by atoms with van der Waals surface area (Å²) in [6, 6.07) is 11.3. The minimum absolute atomic E-state index is 0.220. The van der Waals surface area contributed by atoms with Crippen molar-refractivity contribution in [2.75, 3.05) is 13.6 Å². The van der Waals surface area contributed by atoms with Crippen molar-refractivity contribution in [3.63, 3.8) is 0 Å². The summed E-state index contributed by atoms with van der Waals surface area (Å²) in [5.41, 5.74) is 0.304. The van der Waals surface area contributed by atoms with E-state index in [1.165, 1.54) is 7.05 Å². The number of hydrogen-bond acceptors (Lipinski definition) is 5. The smallest absolute Gasteiger partial charge is 0.437 e. The summed E-state index contributed by atoms with van der Waals surface area (Å²) in [6.45, 7) is 0.220. The molecule has 0 N–H and O–H groups in total. The van der Waals surface area contributed by atoms with Gasteiger partial charge in [0.25, 0.3) is 5.91 Å². The molecule has 1 amide bonds. The van der Waals surface area contributed by atoms with E-state index in [0.29, 0.717) is 30.7 Å². The molecule has 9 heteroatoms. The highest BCUT2D eigenvalue weighted by Crippen LogP contribution is 2.31. The number of alkyl halides is 3. The summed E-state index contributed by atoms with van der Waals surface area (Å²) in [5.74, 6) is -1.05. The Kier molecular flexibility index (Phi) is 5.29. The normalized spacial score (nSPS) is 11.6. The van der Waals surface area contributed by atoms with Gasteiger partial charge in [0, 0.05) is 31.6 Å². The molecule has 1 aromatic carbocycles. The maximum absolute atomic E-state index is 12.8. The number of benzene rings is 1. The fourth-order valence-corrected chi connectivity index (χ4v) is 2.54. The topological polar surface area (TPSA) is 72.4 Å². The largest absolute Gasteiger partial charge is 0.438 e. The van der Waals surface area contributed by atoms with E-state index in [9.17, 15) is 18.0 Å². The monoisotopic (exact) mass is 379 g/mol. The van der Waals surface area contributed by atoms with Crippen LogP contribution in [0, 0.1) is 0 Å². The van der Waals surface area contributed by atoms with E-state index in [1.54, 1.807) is 6.07 Å². The molecule has 0 bridgehead atoms. The van der Waals surface area contributed by atoms with Gasteiger partial charge in [0.15, 0.2) is 12.1 Å². The Labute approximate surface area is 152 Å². The Bertz CT molecular complexity index is 903. The van der Waals surface area contributed by atoms with Gasteiger partial charge in [-0.3, -0.25) is 4.79 Å². The van der Waals surface area contributed by atoms with Gasteiger partial charge in [0.05, 0.1) is 0 Å². The highest BCUT2D eigenvalue weighted by atomic mass is 19.4. The number of carbonyl (C=O) groups excluding carboxylic acids is 1. The zero-order valence-electron chi connectivity index (χ0n) is 14.4. The molecule has 0 aliphatic heterocycles. The van der Waals surface area contributed by atoms with Crippen LogP contribution in [0.15, 0.2) is 51.7 Å². The number of amides is 1. The van der Waals surface area contributed by atoms with Crippen LogP contribution in [0.2, 0.25) is 0 Å². The van der Waals surface area contributed by atoms with Gasteiger partial charge in [-0.1, -0.05) is 35.5 Å². The Balaban J connectivity index is 1.56. The molecule has 3 aromatic rings. The SMILES string of the molecule is CN(CCCc1cc(-c2ccccc2)no1)C(=O)c1ocnc1C(F)(F)F. The van der Waals surface area contributed by atoms with E-state index in [4.69, 9.17) is 4.52 Å². The number of oxazole rings is 1. The molecule has 0 saturated carbocycles. The van der Waals surface area contributed by atoms with E-state index in [0.717, 1.165) is 10.5 Å². The Morgan fingerprint density at radius 1 is 1.22 bits per heavy atom. The van der Waals surface area contributed by atoms with Crippen LogP contribution in [-0.2, 0) is 12.6 Å². The molecular weight excluding hydrogens is 363 g/mol. The molecule has 6 nitrogen and oxygen atoms in total. The van der Waals surface area contributed by atoms with Crippen LogP contribution in [0.1, 0.15) is 28.4 Å². The number of rotatable bonds is 6. The van der Waals surface area contributed by atoms with Gasteiger partial charge in [-0.2, -0.15) is 13.2 Å². The van der Waals surface area contributed by atoms with Crippen molar-refractivity contribution >= 4 is 5.91 Å². The van der Waals surface area contributed by atoms with E-state index in [-0.39, 0.29) is 6.54 Å². The van der Waals surface area contributed by atoms with Crippen molar-refractivity contribution in [1.82, 2.24) is 15.0 Å². The summed E-state index contributed by atoms with van der Waals surface area (Å²) in [4.78, 5) is 16.4. The molecule has 0 spiro atoms. The molecule has 142 valence electrons. The first kappa shape index (κ1) is 18.7. The number of aromatic nitrogens is 2. The van der Waals surface area contributed by atoms with Crippen LogP contribution in [-0.4, -0.2) is 34.5 Å². The lowest BCUT2D eigenvalue weighted by molar-refractivity contribution is -0.141. The minimum Gasteiger partial charge on any atom is -0.438 e. The highest BCUT2D eigenvalue weighted by molar-refractivity contribution is 5.92. The predicted molar refractivity (Wildman–Crippen MR) is 88.7 cm³/mol. The number of hydrogen-bond donors (Lipinski definition) is 0. The number of aryl methyl sites for hydroxylation is 1. The summed E-state index contributed by atoms with van der Waals surface area (Å²) < 4.78 is 48.3. The molecular formula is C18H16F3N3O3. The average Bonchev–Trinajstić information content (AvgIpc) is 3.31. The van der Waals surface area contributed by atoms with Crippen LogP contribution in [0.25, 0.3) is 11.3 Å². The summed E-state index contributed by atoms with van der Waals surface area (Å²) >= 11 is 0. The van der Waals surface area contributed by atoms with Crippen LogP contribution >= 0.6 is 0 Å². The van der Waals surface area contributed by atoms with E-state index >= 15 is 0 Å². The quantitative estimate of drug-likeness (QED) is 0.646. The van der Waals surface area contributed by atoms with Crippen molar-refractivity contribution < 1.29 is 26.9 Å². The molecule has 0 radical (unpaired) electrons. The second-order valence-electron chi connectivity index (χ2n) is 5.90. The van der Waals surface area contributed by atoms with Gasteiger partial charge in [-0.05, 0) is 6.42 Å². The molecule has 27 heavy (non-hydrogen) atoms. The van der Waals surface area contributed by atoms with Crippen molar-refractivity contribution in [2.24, 2.45) is 0 Å². The van der Waals surface area contributed by atoms with Gasteiger partial charge >= 0.3 is 6.18 Å². The second kappa shape index (κ2) is 7.65. The molecule has 0 fully saturated rings. The zero-order chi connectivity index (χ0) is 19.4. The Hall–Kier alpha value is -3.10. The fourth-order valence-electron chi connectivity index (χ4n) is 2.54. The third-order valence-electron chi connectivity index (χ3n) is 3.92. The molecule has 0 unspecified atom stereocenters. The molecule has 2 heterocycles. The molecule has 0 saturated heterocycles. The number of halogens is 3. The number of carbonyl (C=O) groups is 1. The lowest BCUT2D eigenvalue weighted by atomic mass is 10.1. The van der Waals surface area contributed by atoms with E-state index < -0.39 is 23.5 Å². The third-order valence-corrected chi connectivity index (χ3v) is 3.92. The van der Waals surface area contributed by atoms with E-state index in [2.05, 4.69) is 14.6 Å². The maximum atomic E-state index is 12.8. The van der Waals surface area contributed by atoms with Crippen molar-refractivity contribution in [3.8, 4) is 11.3 Å². The van der Waals surface area contributed by atoms with E-state index in [1.807, 2.05) is 30.3 Å². The lowest BCUT2D eigenvalue weighted by Crippen LogP contribution is -2.29. The van der Waals surface area contributed by atoms with Crippen molar-refractivity contribution in [1.29, 1.82) is 0 Å². The molecule has 0 aliphatic rings. The van der Waals surface area contributed by atoms with Crippen LogP contribution < -0.4 is 0 Å². The van der Waals surface area contributed by atoms with Crippen molar-refractivity contribution in [2.45, 2.75) is 19.0 Å². The third kappa shape index (κ3) is 4.36. The van der Waals surface area contributed by atoms with Gasteiger partial charge in [0.2, 0.25) is 5.76 Å². The van der Waals surface area contributed by atoms with Crippen LogP contribution in [0.3, 0.4) is 0 Å². The number of nitrogens with zero attached hydrogens (tertiary/aromatic N) is 3. The zero-order valence-corrected chi connectivity index (χ0v) is 14.4. The summed E-state index contributed by atoms with van der Waals surface area (Å²) in [6.07, 6.45) is -3.16. The van der Waals surface area contributed by atoms with Crippen molar-refractivity contribution in [3.05, 3.63) is 60.0 Å². The first-order valence-corrected chi connectivity index (χ1v) is 8.13. The van der Waals surface area contributed by atoms with Crippen LogP contribution in [0.5, 0.6) is 0 Å². The molecule has 2 aromatic heterocycles. The predicted octanol–water partition coefficient (Wildman–Crippen LogP) is 4.05. The lowest BCUT2D eigenvalue weighted by Gasteiger charge is -2.16. The molecule has 3 rings (SSSR count). The minimum atomic E-state index is -4.74. The van der Waals surface area contributed by atoms with Gasteiger partial charge in [-0.25, -0.2) is 4.98 Å². The van der Waals surface area contributed by atoms with Gasteiger partial charge in [-0.15, -0.1) is 0 Å². The maximum Gasteiger partial charge on any atom is 0.437 e. The standard InChI is InChI=1S/C18H16F3N3O3/c1-24(17(25)15-16(18(19,20)21)22-11-26-15)9-5-8-13-10-14(23-27-13)12-6-3-2-4-7-12/h2-4,6-7,10-11H,5,8-9H2,1H3. The highest BCUT2D eigenvalue weighted by Gasteiger charge is 2.40. The molecule has 0 atom stereocenters. The first-order valence-electron chi connectivity index (χ1n) is 8.13. The van der Waals surface area contributed by atoms with Gasteiger partial charge in [0.1, 0.15) is 11.5 Å². The second-order valence-corrected chi connectivity index (χ2v) is 5.90. The first-order chi connectivity index (χ1) is 12.9. The Morgan fingerprint density at radius 2 is 1.96 bits per heavy atom. The Morgan fingerprint density at radius 3 is 2.67 bits per heavy atom. The summed E-state index contributed by atoms with van der Waals surface area (Å²) in [5, 5.41) is 3.99. The summed E-state index contributed by atoms with van der Waals surface area (Å²) in [7, 11) is 1.40. The fraction of sp³-hybridized carbons (Fsp3) is 0.278. The average molecular weight is 379 g/mol.